The molecule has 0 saturated heterocycles. The number of aromatic nitrogens is 2. The molecule has 0 amide bonds. The maximum absolute atomic E-state index is 14.3. The summed E-state index contributed by atoms with van der Waals surface area (Å²) < 4.78 is 8.43. The van der Waals surface area contributed by atoms with Crippen LogP contribution in [0.4, 0.5) is 0 Å². The Hall–Kier alpha value is -3.79. The van der Waals surface area contributed by atoms with Crippen LogP contribution in [0.5, 0.6) is 0 Å². The minimum Gasteiger partial charge on any atom is -0.410 e. The molecule has 6 heteroatoms. The summed E-state index contributed by atoms with van der Waals surface area (Å²) in [6.07, 6.45) is 3.19. The van der Waals surface area contributed by atoms with Gasteiger partial charge in [0.25, 0.3) is 5.56 Å². The first-order chi connectivity index (χ1) is 20.4. The molecule has 0 N–H and O–H groups in total. The number of unbranched alkanes of at least 4 members (excludes halogenated alkanes) is 1. The van der Waals surface area contributed by atoms with Gasteiger partial charge in [-0.1, -0.05) is 88.7 Å². The molecule has 4 aromatic rings. The fraction of sp³-hybridized carbons (Fsp3) is 0.378. The van der Waals surface area contributed by atoms with Gasteiger partial charge in [0.15, 0.2) is 8.32 Å². The fourth-order valence-corrected chi connectivity index (χ4v) is 6.57. The van der Waals surface area contributed by atoms with Crippen molar-refractivity contribution in [1.29, 1.82) is 5.26 Å². The van der Waals surface area contributed by atoms with Crippen LogP contribution in [0.25, 0.3) is 16.8 Å². The molecule has 0 spiro atoms. The quantitative estimate of drug-likeness (QED) is 0.173. The van der Waals surface area contributed by atoms with E-state index in [9.17, 15) is 10.1 Å². The summed E-state index contributed by atoms with van der Waals surface area (Å²) in [5, 5.41) is 9.64. The number of aryl methyl sites for hydroxylation is 2. The van der Waals surface area contributed by atoms with Gasteiger partial charge < -0.3 is 4.43 Å². The second-order valence-corrected chi connectivity index (χ2v) is 17.7. The monoisotopic (exact) mass is 591 g/mol. The Morgan fingerprint density at radius 1 is 1.02 bits per heavy atom. The van der Waals surface area contributed by atoms with Gasteiger partial charge >= 0.3 is 0 Å². The maximum atomic E-state index is 14.3. The first-order valence-corrected chi connectivity index (χ1v) is 18.2. The van der Waals surface area contributed by atoms with Crippen LogP contribution in [-0.2, 0) is 17.3 Å². The molecule has 43 heavy (non-hydrogen) atoms. The molecule has 0 aliphatic carbocycles. The van der Waals surface area contributed by atoms with Crippen molar-refractivity contribution < 1.29 is 4.43 Å². The standard InChI is InChI=1S/C37H45N3O2Si/c1-9-10-18-35-34(23-28-19-21-29(22-20-28)33-17-12-11-14-31(33)25-38)36(41)40(27(3)39-35)32-16-13-15-30(24-32)26(2)42-43(7,8)37(4,5)6/h11-17,19-22,24,26H,9-10,18,23H2,1-8H3. The van der Waals surface area contributed by atoms with Gasteiger partial charge in [-0.2, -0.15) is 5.26 Å². The van der Waals surface area contributed by atoms with Crippen molar-refractivity contribution in [2.45, 2.75) is 91.5 Å². The minimum absolute atomic E-state index is 0.0207. The highest BCUT2D eigenvalue weighted by molar-refractivity contribution is 6.74. The summed E-state index contributed by atoms with van der Waals surface area (Å²) in [6.45, 7) is 17.5. The number of benzene rings is 3. The van der Waals surface area contributed by atoms with E-state index in [1.54, 1.807) is 4.57 Å². The smallest absolute Gasteiger partial charge is 0.261 e. The predicted molar refractivity (Wildman–Crippen MR) is 179 cm³/mol. The highest BCUT2D eigenvalue weighted by atomic mass is 28.4. The SMILES string of the molecule is CCCCc1nc(C)n(-c2cccc(C(C)O[Si](C)(C)C(C)(C)C)c2)c(=O)c1Cc1ccc(-c2ccccc2C#N)cc1. The van der Waals surface area contributed by atoms with Gasteiger partial charge in [-0.3, -0.25) is 9.36 Å². The zero-order valence-electron chi connectivity index (χ0n) is 27.0. The Morgan fingerprint density at radius 3 is 2.37 bits per heavy atom. The number of nitriles is 1. The van der Waals surface area contributed by atoms with Crippen molar-refractivity contribution in [1.82, 2.24) is 9.55 Å². The van der Waals surface area contributed by atoms with E-state index in [0.29, 0.717) is 17.8 Å². The molecule has 4 rings (SSSR count). The third-order valence-corrected chi connectivity index (χ3v) is 13.3. The highest BCUT2D eigenvalue weighted by Gasteiger charge is 2.38. The average molecular weight is 592 g/mol. The molecular weight excluding hydrogens is 547 g/mol. The minimum atomic E-state index is -1.97. The Labute approximate surface area is 258 Å². The van der Waals surface area contributed by atoms with Gasteiger partial charge in [-0.25, -0.2) is 4.98 Å². The zero-order valence-corrected chi connectivity index (χ0v) is 28.0. The lowest BCUT2D eigenvalue weighted by Gasteiger charge is -2.38. The van der Waals surface area contributed by atoms with Gasteiger partial charge in [-0.15, -0.1) is 0 Å². The summed E-state index contributed by atoms with van der Waals surface area (Å²) in [6, 6.07) is 26.2. The third kappa shape index (κ3) is 7.23. The van der Waals surface area contributed by atoms with Crippen molar-refractivity contribution in [2.24, 2.45) is 0 Å². The van der Waals surface area contributed by atoms with Crippen LogP contribution in [-0.4, -0.2) is 17.9 Å². The molecule has 3 aromatic carbocycles. The normalized spacial score (nSPS) is 12.6. The van der Waals surface area contributed by atoms with Crippen molar-refractivity contribution in [3.05, 3.63) is 117 Å². The number of nitrogens with zero attached hydrogens (tertiary/aromatic N) is 3. The van der Waals surface area contributed by atoms with E-state index < -0.39 is 8.32 Å². The van der Waals surface area contributed by atoms with Crippen molar-refractivity contribution in [3.8, 4) is 22.9 Å². The van der Waals surface area contributed by atoms with Crippen LogP contribution in [0.2, 0.25) is 18.1 Å². The predicted octanol–water partition coefficient (Wildman–Crippen LogP) is 9.10. The van der Waals surface area contributed by atoms with Gasteiger partial charge in [0.05, 0.1) is 29.1 Å². The Morgan fingerprint density at radius 2 is 1.72 bits per heavy atom. The van der Waals surface area contributed by atoms with E-state index in [1.807, 2.05) is 55.5 Å². The van der Waals surface area contributed by atoms with Crippen molar-refractivity contribution >= 4 is 8.32 Å². The zero-order chi connectivity index (χ0) is 31.4. The summed E-state index contributed by atoms with van der Waals surface area (Å²) in [5.41, 5.74) is 7.04. The molecule has 224 valence electrons. The number of hydrogen-bond acceptors (Lipinski definition) is 4. The van der Waals surface area contributed by atoms with Crippen molar-refractivity contribution in [3.63, 3.8) is 0 Å². The first-order valence-electron chi connectivity index (χ1n) is 15.3. The van der Waals surface area contributed by atoms with E-state index in [1.165, 1.54) is 0 Å². The molecule has 0 fully saturated rings. The second kappa shape index (κ2) is 13.2. The summed E-state index contributed by atoms with van der Waals surface area (Å²) in [5.74, 6) is 0.693. The topological polar surface area (TPSA) is 67.9 Å². The molecule has 0 aliphatic heterocycles. The van der Waals surface area contributed by atoms with Gasteiger partial charge in [0, 0.05) is 12.0 Å². The van der Waals surface area contributed by atoms with Gasteiger partial charge in [0.2, 0.25) is 0 Å². The highest BCUT2D eigenvalue weighted by Crippen LogP contribution is 2.39. The van der Waals surface area contributed by atoms with Crippen LogP contribution in [0.1, 0.15) is 87.3 Å². The van der Waals surface area contributed by atoms with Crippen LogP contribution in [0, 0.1) is 18.3 Å². The number of hydrogen-bond donors (Lipinski definition) is 0. The molecule has 0 saturated carbocycles. The molecule has 1 heterocycles. The summed E-state index contributed by atoms with van der Waals surface area (Å²) in [4.78, 5) is 19.3. The average Bonchev–Trinajstić information content (AvgIpc) is 2.97. The Bertz CT molecular complexity index is 1670. The van der Waals surface area contributed by atoms with E-state index in [4.69, 9.17) is 9.41 Å². The molecule has 0 aliphatic rings. The maximum Gasteiger partial charge on any atom is 0.261 e. The molecular formula is C37H45N3O2Si. The third-order valence-electron chi connectivity index (χ3n) is 8.77. The molecule has 1 atom stereocenters. The van der Waals surface area contributed by atoms with Gasteiger partial charge in [0.1, 0.15) is 5.82 Å². The van der Waals surface area contributed by atoms with Crippen LogP contribution >= 0.6 is 0 Å². The summed E-state index contributed by atoms with van der Waals surface area (Å²) in [7, 11) is -1.97. The largest absolute Gasteiger partial charge is 0.410 e. The summed E-state index contributed by atoms with van der Waals surface area (Å²) >= 11 is 0. The second-order valence-electron chi connectivity index (χ2n) is 13.0. The number of rotatable bonds is 10. The molecule has 5 nitrogen and oxygen atoms in total. The van der Waals surface area contributed by atoms with Crippen molar-refractivity contribution in [2.75, 3.05) is 0 Å². The Kier molecular flexibility index (Phi) is 9.89. The van der Waals surface area contributed by atoms with E-state index in [2.05, 4.69) is 78.0 Å². The lowest BCUT2D eigenvalue weighted by Crippen LogP contribution is -2.41. The Balaban J connectivity index is 1.72. The lowest BCUT2D eigenvalue weighted by molar-refractivity contribution is 0.203. The lowest BCUT2D eigenvalue weighted by atomic mass is 9.96. The molecule has 1 aromatic heterocycles. The fourth-order valence-electron chi connectivity index (χ4n) is 5.19. The van der Waals surface area contributed by atoms with Crippen LogP contribution in [0.3, 0.4) is 0 Å². The molecule has 0 bridgehead atoms. The van der Waals surface area contributed by atoms with E-state index in [-0.39, 0.29) is 16.7 Å². The van der Waals surface area contributed by atoms with E-state index >= 15 is 0 Å². The first kappa shape index (κ1) is 32.1. The molecule has 1 unspecified atom stereocenters. The van der Waals surface area contributed by atoms with Crippen LogP contribution < -0.4 is 5.56 Å². The van der Waals surface area contributed by atoms with Gasteiger partial charge in [-0.05, 0) is 85.3 Å². The van der Waals surface area contributed by atoms with Crippen LogP contribution in [0.15, 0.2) is 77.6 Å². The molecule has 0 radical (unpaired) electrons. The van der Waals surface area contributed by atoms with E-state index in [0.717, 1.165) is 58.5 Å².